The molecule has 4 nitrogen and oxygen atoms in total. The molecule has 2 atom stereocenters. The van der Waals surface area contributed by atoms with Crippen LogP contribution in [-0.4, -0.2) is 25.7 Å². The van der Waals surface area contributed by atoms with Crippen LogP contribution in [0.25, 0.3) is 0 Å². The molecule has 0 saturated heterocycles. The van der Waals surface area contributed by atoms with Gasteiger partial charge in [-0.15, -0.1) is 6.58 Å². The lowest BCUT2D eigenvalue weighted by Gasteiger charge is -2.35. The van der Waals surface area contributed by atoms with E-state index in [9.17, 15) is 4.79 Å². The van der Waals surface area contributed by atoms with Crippen LogP contribution in [0.2, 0.25) is 0 Å². The van der Waals surface area contributed by atoms with Gasteiger partial charge in [0.25, 0.3) is 0 Å². The molecule has 1 N–H and O–H groups in total. The number of esters is 1. The molecule has 0 aliphatic carbocycles. The fraction of sp³-hybridized carbons (Fsp3) is 0.609. The van der Waals surface area contributed by atoms with Gasteiger partial charge in [-0.25, -0.2) is 0 Å². The van der Waals surface area contributed by atoms with Crippen molar-refractivity contribution in [2.75, 3.05) is 19.0 Å². The first-order valence-corrected chi connectivity index (χ1v) is 9.96. The molecule has 0 heterocycles. The fourth-order valence-electron chi connectivity index (χ4n) is 3.49. The average Bonchev–Trinajstić information content (AvgIpc) is 2.61. The molecule has 0 amide bonds. The van der Waals surface area contributed by atoms with Crippen LogP contribution in [0.4, 0.5) is 5.69 Å². The molecule has 27 heavy (non-hydrogen) atoms. The van der Waals surface area contributed by atoms with Gasteiger partial charge in [0, 0.05) is 11.7 Å². The summed E-state index contributed by atoms with van der Waals surface area (Å²) >= 11 is 0. The number of ether oxygens (including phenoxy) is 2. The first-order chi connectivity index (χ1) is 12.7. The van der Waals surface area contributed by atoms with Gasteiger partial charge in [-0.05, 0) is 77.1 Å². The molecule has 0 aromatic heterocycles. The summed E-state index contributed by atoms with van der Waals surface area (Å²) in [5.41, 5.74) is 1.66. The topological polar surface area (TPSA) is 47.6 Å². The molecule has 4 heteroatoms. The van der Waals surface area contributed by atoms with Crippen molar-refractivity contribution in [3.8, 4) is 5.75 Å². The number of methoxy groups -OCH3 is 1. The van der Waals surface area contributed by atoms with Crippen molar-refractivity contribution in [2.45, 2.75) is 66.3 Å². The van der Waals surface area contributed by atoms with Gasteiger partial charge in [0.2, 0.25) is 0 Å². The minimum atomic E-state index is -0.513. The van der Waals surface area contributed by atoms with Crippen molar-refractivity contribution >= 4 is 11.7 Å². The van der Waals surface area contributed by atoms with E-state index in [0.29, 0.717) is 6.61 Å². The lowest BCUT2D eigenvalue weighted by atomic mass is 9.72. The van der Waals surface area contributed by atoms with E-state index < -0.39 is 5.41 Å². The number of anilines is 1. The van der Waals surface area contributed by atoms with Crippen LogP contribution in [0.1, 0.15) is 60.3 Å². The van der Waals surface area contributed by atoms with E-state index in [0.717, 1.165) is 42.7 Å². The molecule has 1 rings (SSSR count). The Bertz CT molecular complexity index is 592. The first kappa shape index (κ1) is 23.1. The van der Waals surface area contributed by atoms with E-state index in [1.165, 1.54) is 0 Å². The van der Waals surface area contributed by atoms with E-state index in [-0.39, 0.29) is 17.9 Å². The number of carbonyl (C=O) groups excluding carboxylic acids is 1. The van der Waals surface area contributed by atoms with E-state index in [1.807, 2.05) is 52.0 Å². The zero-order valence-electron chi connectivity index (χ0n) is 17.9. The lowest BCUT2D eigenvalue weighted by Crippen LogP contribution is -2.38. The maximum Gasteiger partial charge on any atom is 0.311 e. The number of rotatable bonds is 12. The second kappa shape index (κ2) is 11.0. The fourth-order valence-corrected chi connectivity index (χ4v) is 3.49. The highest BCUT2D eigenvalue weighted by atomic mass is 16.5. The maximum atomic E-state index is 12.5. The highest BCUT2D eigenvalue weighted by molar-refractivity contribution is 5.76. The summed E-state index contributed by atoms with van der Waals surface area (Å²) in [6, 6.07) is 8.16. The third-order valence-electron chi connectivity index (χ3n) is 5.08. The van der Waals surface area contributed by atoms with Gasteiger partial charge in [0.15, 0.2) is 0 Å². The predicted molar refractivity (Wildman–Crippen MR) is 113 cm³/mol. The quantitative estimate of drug-likeness (QED) is 0.368. The standard InChI is InChI=1S/C23H37NO3/c1-8-10-18(23(5,6)22(25)27-9-2)16-20(15-17(3)4)24-19-11-13-21(26-7)14-12-19/h11-14,18,20,24H,3,8-10,15-16H2,1-2,4-7H3/t18-,20+/m1/s1. The number of hydrogen-bond acceptors (Lipinski definition) is 4. The SMILES string of the molecule is C=C(C)C[C@@H](C[C@@H](CCC)C(C)(C)C(=O)OCC)Nc1ccc(OC)cc1. The van der Waals surface area contributed by atoms with Gasteiger partial charge in [0.1, 0.15) is 5.75 Å². The Morgan fingerprint density at radius 1 is 1.22 bits per heavy atom. The molecule has 0 aliphatic rings. The smallest absolute Gasteiger partial charge is 0.311 e. The van der Waals surface area contributed by atoms with Crippen molar-refractivity contribution in [3.05, 3.63) is 36.4 Å². The van der Waals surface area contributed by atoms with Crippen molar-refractivity contribution in [2.24, 2.45) is 11.3 Å². The molecule has 0 spiro atoms. The summed E-state index contributed by atoms with van der Waals surface area (Å²) < 4.78 is 10.6. The van der Waals surface area contributed by atoms with Gasteiger partial charge < -0.3 is 14.8 Å². The van der Waals surface area contributed by atoms with Gasteiger partial charge in [0.05, 0.1) is 19.1 Å². The van der Waals surface area contributed by atoms with Crippen LogP contribution >= 0.6 is 0 Å². The number of benzene rings is 1. The largest absolute Gasteiger partial charge is 0.497 e. The van der Waals surface area contributed by atoms with Gasteiger partial charge in [-0.3, -0.25) is 4.79 Å². The zero-order valence-corrected chi connectivity index (χ0v) is 17.9. The molecule has 0 saturated carbocycles. The Hall–Kier alpha value is -1.97. The highest BCUT2D eigenvalue weighted by Gasteiger charge is 2.38. The van der Waals surface area contributed by atoms with Crippen molar-refractivity contribution in [1.29, 1.82) is 0 Å². The molecule has 152 valence electrons. The summed E-state index contributed by atoms with van der Waals surface area (Å²) in [5.74, 6) is 0.961. The summed E-state index contributed by atoms with van der Waals surface area (Å²) in [4.78, 5) is 12.5. The molecule has 0 unspecified atom stereocenters. The molecular weight excluding hydrogens is 338 g/mol. The normalized spacial score (nSPS) is 13.6. The van der Waals surface area contributed by atoms with Gasteiger partial charge in [-0.2, -0.15) is 0 Å². The molecular formula is C23H37NO3. The highest BCUT2D eigenvalue weighted by Crippen LogP contribution is 2.37. The van der Waals surface area contributed by atoms with E-state index >= 15 is 0 Å². The van der Waals surface area contributed by atoms with Crippen molar-refractivity contribution < 1.29 is 14.3 Å². The zero-order chi connectivity index (χ0) is 20.4. The van der Waals surface area contributed by atoms with Gasteiger partial charge >= 0.3 is 5.97 Å². The molecule has 1 aromatic rings. The monoisotopic (exact) mass is 375 g/mol. The average molecular weight is 376 g/mol. The van der Waals surface area contributed by atoms with E-state index in [4.69, 9.17) is 9.47 Å². The molecule has 0 bridgehead atoms. The molecule has 0 radical (unpaired) electrons. The molecule has 1 aromatic carbocycles. The van der Waals surface area contributed by atoms with Crippen molar-refractivity contribution in [1.82, 2.24) is 0 Å². The Morgan fingerprint density at radius 3 is 2.33 bits per heavy atom. The Morgan fingerprint density at radius 2 is 1.85 bits per heavy atom. The predicted octanol–water partition coefficient (Wildman–Crippen LogP) is 5.84. The maximum absolute atomic E-state index is 12.5. The van der Waals surface area contributed by atoms with Gasteiger partial charge in [-0.1, -0.05) is 18.9 Å². The minimum Gasteiger partial charge on any atom is -0.497 e. The lowest BCUT2D eigenvalue weighted by molar-refractivity contribution is -0.157. The van der Waals surface area contributed by atoms with Crippen LogP contribution in [0.5, 0.6) is 5.75 Å². The third-order valence-corrected chi connectivity index (χ3v) is 5.08. The van der Waals surface area contributed by atoms with Crippen LogP contribution < -0.4 is 10.1 Å². The Kier molecular flexibility index (Phi) is 9.40. The summed E-state index contributed by atoms with van der Waals surface area (Å²) in [6.45, 7) is 14.6. The van der Waals surface area contributed by atoms with E-state index in [1.54, 1.807) is 7.11 Å². The van der Waals surface area contributed by atoms with E-state index in [2.05, 4.69) is 18.8 Å². The van der Waals surface area contributed by atoms with Crippen LogP contribution in [0, 0.1) is 11.3 Å². The second-order valence-electron chi connectivity index (χ2n) is 7.89. The summed E-state index contributed by atoms with van der Waals surface area (Å²) in [5, 5.41) is 3.63. The Balaban J connectivity index is 2.97. The molecule has 0 fully saturated rings. The molecule has 0 aliphatic heterocycles. The number of nitrogens with one attached hydrogen (secondary N) is 1. The second-order valence-corrected chi connectivity index (χ2v) is 7.89. The first-order valence-electron chi connectivity index (χ1n) is 9.96. The van der Waals surface area contributed by atoms with Crippen molar-refractivity contribution in [3.63, 3.8) is 0 Å². The van der Waals surface area contributed by atoms with Crippen LogP contribution in [0.3, 0.4) is 0 Å². The number of carbonyl (C=O) groups is 1. The summed E-state index contributed by atoms with van der Waals surface area (Å²) in [6.07, 6.45) is 3.78. The Labute approximate surface area is 165 Å². The van der Waals surface area contributed by atoms with Crippen LogP contribution in [-0.2, 0) is 9.53 Å². The minimum absolute atomic E-state index is 0.109. The van der Waals surface area contributed by atoms with Crippen LogP contribution in [0.15, 0.2) is 36.4 Å². The summed E-state index contributed by atoms with van der Waals surface area (Å²) in [7, 11) is 1.67. The number of hydrogen-bond donors (Lipinski definition) is 1. The third kappa shape index (κ3) is 7.28.